The van der Waals surface area contributed by atoms with Gasteiger partial charge in [0.05, 0.1) is 15.9 Å². The Balaban J connectivity index is 2.34. The fraction of sp³-hybridized carbons (Fsp3) is 0. The summed E-state index contributed by atoms with van der Waals surface area (Å²) in [6.07, 6.45) is 4.75. The van der Waals surface area contributed by atoms with E-state index in [1.807, 2.05) is 0 Å². The fourth-order valence-electron chi connectivity index (χ4n) is 1.96. The molecule has 0 aliphatic rings. The first-order chi connectivity index (χ1) is 9.16. The van der Waals surface area contributed by atoms with Crippen LogP contribution in [0.5, 0.6) is 0 Å². The summed E-state index contributed by atoms with van der Waals surface area (Å²) < 4.78 is 15.0. The minimum Gasteiger partial charge on any atom is -0.316 e. The molecule has 0 atom stereocenters. The Morgan fingerprint density at radius 2 is 2.05 bits per heavy atom. The first-order valence-corrected chi connectivity index (χ1v) is 5.95. The molecule has 0 saturated carbocycles. The average molecular weight is 275 g/mol. The molecular weight excluding hydrogens is 267 g/mol. The van der Waals surface area contributed by atoms with Crippen molar-refractivity contribution >= 4 is 22.5 Å². The van der Waals surface area contributed by atoms with Crippen molar-refractivity contribution in [2.45, 2.75) is 0 Å². The molecule has 0 fully saturated rings. The van der Waals surface area contributed by atoms with Gasteiger partial charge in [0.15, 0.2) is 5.43 Å². The maximum absolute atomic E-state index is 13.2. The average Bonchev–Trinajstić information content (AvgIpc) is 2.43. The number of aromatic nitrogens is 2. The summed E-state index contributed by atoms with van der Waals surface area (Å²) in [5, 5.41) is 0.545. The summed E-state index contributed by atoms with van der Waals surface area (Å²) in [6.45, 7) is 0. The largest absolute Gasteiger partial charge is 0.316 e. The molecule has 3 nitrogen and oxygen atoms in total. The van der Waals surface area contributed by atoms with Gasteiger partial charge < -0.3 is 4.57 Å². The molecule has 0 amide bonds. The van der Waals surface area contributed by atoms with Crippen molar-refractivity contribution in [1.29, 1.82) is 0 Å². The third kappa shape index (κ3) is 2.00. The molecule has 0 spiro atoms. The highest BCUT2D eigenvalue weighted by molar-refractivity contribution is 6.30. The summed E-state index contributed by atoms with van der Waals surface area (Å²) in [5.74, 6) is -0.475. The Morgan fingerprint density at radius 1 is 1.21 bits per heavy atom. The molecular formula is C14H8ClFN2O. The minimum atomic E-state index is -0.475. The Kier molecular flexibility index (Phi) is 2.80. The van der Waals surface area contributed by atoms with Crippen LogP contribution < -0.4 is 5.43 Å². The molecule has 19 heavy (non-hydrogen) atoms. The van der Waals surface area contributed by atoms with E-state index in [-0.39, 0.29) is 10.5 Å². The van der Waals surface area contributed by atoms with Gasteiger partial charge in [0.2, 0.25) is 0 Å². The van der Waals surface area contributed by atoms with Crippen molar-refractivity contribution in [3.8, 4) is 5.69 Å². The number of hydrogen-bond acceptors (Lipinski definition) is 2. The van der Waals surface area contributed by atoms with Crippen molar-refractivity contribution in [1.82, 2.24) is 9.55 Å². The highest BCUT2D eigenvalue weighted by Crippen LogP contribution is 2.21. The zero-order valence-electron chi connectivity index (χ0n) is 9.68. The van der Waals surface area contributed by atoms with Crippen LogP contribution in [0.3, 0.4) is 0 Å². The topological polar surface area (TPSA) is 34.9 Å². The third-order valence-corrected chi connectivity index (χ3v) is 3.17. The Morgan fingerprint density at radius 3 is 2.84 bits per heavy atom. The van der Waals surface area contributed by atoms with Gasteiger partial charge in [-0.05, 0) is 24.3 Å². The summed E-state index contributed by atoms with van der Waals surface area (Å²) in [4.78, 5) is 15.7. The second kappa shape index (κ2) is 4.48. The molecule has 0 aliphatic heterocycles. The predicted octanol–water partition coefficient (Wildman–Crippen LogP) is 3.18. The number of nitrogens with zero attached hydrogens (tertiary/aromatic N) is 2. The zero-order chi connectivity index (χ0) is 13.4. The number of hydrogen-bond donors (Lipinski definition) is 0. The lowest BCUT2D eigenvalue weighted by Gasteiger charge is -2.10. The fourth-order valence-corrected chi connectivity index (χ4v) is 2.13. The number of halogens is 2. The van der Waals surface area contributed by atoms with Crippen molar-refractivity contribution in [2.75, 3.05) is 0 Å². The Hall–Kier alpha value is -2.20. The molecule has 1 aromatic carbocycles. The maximum atomic E-state index is 13.2. The summed E-state index contributed by atoms with van der Waals surface area (Å²) in [5.41, 5.74) is 1.28. The summed E-state index contributed by atoms with van der Waals surface area (Å²) >= 11 is 5.78. The van der Waals surface area contributed by atoms with Gasteiger partial charge in [0.25, 0.3) is 0 Å². The molecule has 0 unspecified atom stereocenters. The van der Waals surface area contributed by atoms with E-state index in [4.69, 9.17) is 11.6 Å². The van der Waals surface area contributed by atoms with Gasteiger partial charge >= 0.3 is 0 Å². The zero-order valence-corrected chi connectivity index (χ0v) is 10.4. The minimum absolute atomic E-state index is 0.0402. The lowest BCUT2D eigenvalue weighted by molar-refractivity contribution is 0.628. The van der Waals surface area contributed by atoms with Crippen LogP contribution in [0.25, 0.3) is 16.6 Å². The van der Waals surface area contributed by atoms with Gasteiger partial charge in [0.1, 0.15) is 5.82 Å². The third-order valence-electron chi connectivity index (χ3n) is 2.88. The molecule has 3 aromatic rings. The van der Waals surface area contributed by atoms with E-state index in [0.717, 1.165) is 0 Å². The molecule has 0 N–H and O–H groups in total. The van der Waals surface area contributed by atoms with E-state index < -0.39 is 5.82 Å². The highest BCUT2D eigenvalue weighted by Gasteiger charge is 2.06. The van der Waals surface area contributed by atoms with E-state index in [1.54, 1.807) is 29.1 Å². The van der Waals surface area contributed by atoms with Crippen molar-refractivity contribution < 1.29 is 4.39 Å². The van der Waals surface area contributed by atoms with Crippen molar-refractivity contribution in [3.05, 3.63) is 70.0 Å². The smallest absolute Gasteiger partial charge is 0.190 e. The monoisotopic (exact) mass is 274 g/mol. The first kappa shape index (κ1) is 11.9. The Labute approximate surface area is 112 Å². The van der Waals surface area contributed by atoms with E-state index in [1.165, 1.54) is 24.4 Å². The molecule has 0 radical (unpaired) electrons. The van der Waals surface area contributed by atoms with Gasteiger partial charge in [-0.2, -0.15) is 0 Å². The van der Waals surface area contributed by atoms with E-state index in [9.17, 15) is 9.18 Å². The lowest BCUT2D eigenvalue weighted by atomic mass is 10.2. The van der Waals surface area contributed by atoms with Crippen molar-refractivity contribution in [2.24, 2.45) is 0 Å². The van der Waals surface area contributed by atoms with E-state index >= 15 is 0 Å². The number of pyridine rings is 2. The number of benzene rings is 1. The molecule has 3 rings (SSSR count). The predicted molar refractivity (Wildman–Crippen MR) is 72.3 cm³/mol. The van der Waals surface area contributed by atoms with Crippen LogP contribution in [0.4, 0.5) is 4.39 Å². The van der Waals surface area contributed by atoms with Crippen LogP contribution >= 0.6 is 11.6 Å². The molecule has 0 aliphatic carbocycles. The summed E-state index contributed by atoms with van der Waals surface area (Å²) in [7, 11) is 0. The molecule has 0 saturated heterocycles. The molecule has 2 aromatic heterocycles. The van der Waals surface area contributed by atoms with Crippen LogP contribution in [0.1, 0.15) is 0 Å². The SMILES string of the molecule is O=c1ccn(-c2ccc(F)c(Cl)c2)c2ccncc12. The standard InChI is InChI=1S/C14H8ClFN2O/c15-11-7-9(1-2-12(11)16)18-6-4-14(19)10-8-17-5-3-13(10)18/h1-8H. The lowest BCUT2D eigenvalue weighted by Crippen LogP contribution is -2.06. The van der Waals surface area contributed by atoms with Crippen LogP contribution in [0.15, 0.2) is 53.7 Å². The second-order valence-electron chi connectivity index (χ2n) is 4.04. The highest BCUT2D eigenvalue weighted by atomic mass is 35.5. The van der Waals surface area contributed by atoms with Crippen molar-refractivity contribution in [3.63, 3.8) is 0 Å². The van der Waals surface area contributed by atoms with Crippen LogP contribution in [-0.2, 0) is 0 Å². The van der Waals surface area contributed by atoms with Crippen LogP contribution in [0, 0.1) is 5.82 Å². The quantitative estimate of drug-likeness (QED) is 0.683. The molecule has 2 heterocycles. The van der Waals surface area contributed by atoms with Crippen LogP contribution in [-0.4, -0.2) is 9.55 Å². The van der Waals surface area contributed by atoms with Crippen LogP contribution in [0.2, 0.25) is 5.02 Å². The first-order valence-electron chi connectivity index (χ1n) is 5.57. The Bertz CT molecular complexity index is 829. The van der Waals surface area contributed by atoms with Gasteiger partial charge in [-0.25, -0.2) is 4.39 Å². The molecule has 0 bridgehead atoms. The van der Waals surface area contributed by atoms with Gasteiger partial charge in [-0.3, -0.25) is 9.78 Å². The summed E-state index contributed by atoms with van der Waals surface area (Å²) in [6, 6.07) is 7.59. The van der Waals surface area contributed by atoms with Gasteiger partial charge in [0, 0.05) is 30.3 Å². The van der Waals surface area contributed by atoms with E-state index in [0.29, 0.717) is 16.6 Å². The normalized spacial score (nSPS) is 10.8. The maximum Gasteiger partial charge on any atom is 0.190 e. The molecule has 5 heteroatoms. The van der Waals surface area contributed by atoms with E-state index in [2.05, 4.69) is 4.98 Å². The molecule has 94 valence electrons. The van der Waals surface area contributed by atoms with Gasteiger partial charge in [-0.15, -0.1) is 0 Å². The number of rotatable bonds is 1. The van der Waals surface area contributed by atoms with Gasteiger partial charge in [-0.1, -0.05) is 11.6 Å². The second-order valence-corrected chi connectivity index (χ2v) is 4.45. The number of fused-ring (bicyclic) bond motifs is 1.